The van der Waals surface area contributed by atoms with E-state index in [0.717, 1.165) is 28.1 Å². The molecule has 0 saturated carbocycles. The van der Waals surface area contributed by atoms with E-state index in [2.05, 4.69) is 56.4 Å². The molecule has 3 aromatic carbocycles. The van der Waals surface area contributed by atoms with Crippen LogP contribution in [0.2, 0.25) is 0 Å². The van der Waals surface area contributed by atoms with Gasteiger partial charge in [0.05, 0.1) is 16.6 Å². The summed E-state index contributed by atoms with van der Waals surface area (Å²) in [6.45, 7) is 6.44. The van der Waals surface area contributed by atoms with Crippen molar-refractivity contribution in [3.05, 3.63) is 99.6 Å². The lowest BCUT2D eigenvalue weighted by Gasteiger charge is -2.21. The summed E-state index contributed by atoms with van der Waals surface area (Å²) < 4.78 is 0. The number of carbonyl (C=O) groups is 1. The summed E-state index contributed by atoms with van der Waals surface area (Å²) in [4.78, 5) is 14.6. The Hall–Kier alpha value is -2.78. The second kappa shape index (κ2) is 6.39. The van der Waals surface area contributed by atoms with Crippen LogP contribution in [0.1, 0.15) is 43.4 Å². The summed E-state index contributed by atoms with van der Waals surface area (Å²) in [7, 11) is 0. The molecule has 1 atom stereocenters. The molecule has 0 amide bonds. The third-order valence-electron chi connectivity index (χ3n) is 5.77. The molecule has 28 heavy (non-hydrogen) atoms. The van der Waals surface area contributed by atoms with Gasteiger partial charge < -0.3 is 5.32 Å². The molecule has 3 heteroatoms. The van der Waals surface area contributed by atoms with Crippen LogP contribution in [0.25, 0.3) is 5.70 Å². The molecule has 138 valence electrons. The molecule has 0 fully saturated rings. The molecule has 0 bridgehead atoms. The molecule has 3 aromatic rings. The van der Waals surface area contributed by atoms with E-state index in [-0.39, 0.29) is 11.0 Å². The maximum Gasteiger partial charge on any atom is 0.193 e. The highest BCUT2D eigenvalue weighted by molar-refractivity contribution is 8.00. The number of Topliss-reactive ketones (excluding diaryl/α,β-unsaturated/α-hetero) is 1. The molecule has 0 unspecified atom stereocenters. The van der Waals surface area contributed by atoms with Gasteiger partial charge in [0.15, 0.2) is 5.78 Å². The average molecular weight is 384 g/mol. The Morgan fingerprint density at radius 2 is 1.50 bits per heavy atom. The Morgan fingerprint density at radius 3 is 2.32 bits per heavy atom. The van der Waals surface area contributed by atoms with Crippen molar-refractivity contribution in [2.75, 3.05) is 5.32 Å². The molecular formula is C25H21NOS. The second-order valence-electron chi connectivity index (χ2n) is 7.58. The van der Waals surface area contributed by atoms with Crippen molar-refractivity contribution in [2.24, 2.45) is 0 Å². The Kier molecular flexibility index (Phi) is 3.95. The van der Waals surface area contributed by atoms with Crippen LogP contribution in [0, 0.1) is 20.8 Å². The number of hydrogen-bond donors (Lipinski definition) is 1. The smallest absolute Gasteiger partial charge is 0.193 e. The summed E-state index contributed by atoms with van der Waals surface area (Å²) in [5, 5.41) is 3.55. The van der Waals surface area contributed by atoms with E-state index >= 15 is 0 Å². The van der Waals surface area contributed by atoms with E-state index in [0.29, 0.717) is 0 Å². The van der Waals surface area contributed by atoms with E-state index in [4.69, 9.17) is 0 Å². The summed E-state index contributed by atoms with van der Waals surface area (Å²) in [5.41, 5.74) is 9.70. The van der Waals surface area contributed by atoms with Crippen molar-refractivity contribution in [2.45, 2.75) is 30.9 Å². The topological polar surface area (TPSA) is 29.1 Å². The van der Waals surface area contributed by atoms with Crippen LogP contribution in [-0.2, 0) is 0 Å². The van der Waals surface area contributed by atoms with Gasteiger partial charge in [0.25, 0.3) is 0 Å². The standard InChI is InChI=1S/C25H21NOS/c1-14-12-16(3)19(13-15(14)2)25-22-23(17-8-4-5-9-18(17)24(22)27)26-20-10-6-7-11-21(20)28-25/h4-13,25-26H,1-3H3/t25-/m0/s1. The largest absolute Gasteiger partial charge is 0.354 e. The van der Waals surface area contributed by atoms with Crippen LogP contribution < -0.4 is 5.32 Å². The van der Waals surface area contributed by atoms with Crippen molar-refractivity contribution < 1.29 is 4.79 Å². The highest BCUT2D eigenvalue weighted by Crippen LogP contribution is 2.53. The van der Waals surface area contributed by atoms with Crippen LogP contribution in [0.3, 0.4) is 0 Å². The second-order valence-corrected chi connectivity index (χ2v) is 8.72. The van der Waals surface area contributed by atoms with Gasteiger partial charge in [0, 0.05) is 21.6 Å². The molecule has 0 spiro atoms. The van der Waals surface area contributed by atoms with Gasteiger partial charge in [-0.05, 0) is 55.2 Å². The molecule has 1 aliphatic carbocycles. The molecular weight excluding hydrogens is 362 g/mol. The highest BCUT2D eigenvalue weighted by Gasteiger charge is 2.38. The summed E-state index contributed by atoms with van der Waals surface area (Å²) >= 11 is 1.77. The van der Waals surface area contributed by atoms with E-state index in [9.17, 15) is 4.79 Å². The first-order chi connectivity index (χ1) is 13.5. The quantitative estimate of drug-likeness (QED) is 0.521. The molecule has 1 heterocycles. The predicted octanol–water partition coefficient (Wildman–Crippen LogP) is 6.48. The van der Waals surface area contributed by atoms with E-state index in [1.165, 1.54) is 27.1 Å². The monoisotopic (exact) mass is 383 g/mol. The molecule has 2 nitrogen and oxygen atoms in total. The average Bonchev–Trinajstić information content (AvgIpc) is 2.86. The number of nitrogens with one attached hydrogen (secondary N) is 1. The van der Waals surface area contributed by atoms with Gasteiger partial charge in [-0.25, -0.2) is 0 Å². The first kappa shape index (κ1) is 17.3. The number of anilines is 1. The van der Waals surface area contributed by atoms with Gasteiger partial charge >= 0.3 is 0 Å². The molecule has 0 aromatic heterocycles. The molecule has 2 aliphatic rings. The first-order valence-electron chi connectivity index (χ1n) is 9.53. The van der Waals surface area contributed by atoms with Crippen LogP contribution in [0.5, 0.6) is 0 Å². The fourth-order valence-electron chi connectivity index (χ4n) is 4.17. The normalized spacial score (nSPS) is 17.5. The number of aryl methyl sites for hydroxylation is 3. The van der Waals surface area contributed by atoms with Crippen LogP contribution in [0.15, 0.2) is 71.1 Å². The third-order valence-corrected chi connectivity index (χ3v) is 7.11. The predicted molar refractivity (Wildman–Crippen MR) is 117 cm³/mol. The maximum absolute atomic E-state index is 13.5. The Bertz CT molecular complexity index is 1170. The number of benzene rings is 3. The first-order valence-corrected chi connectivity index (χ1v) is 10.4. The zero-order valence-electron chi connectivity index (χ0n) is 16.2. The van der Waals surface area contributed by atoms with Crippen LogP contribution in [0.4, 0.5) is 5.69 Å². The molecule has 0 radical (unpaired) electrons. The zero-order chi connectivity index (χ0) is 19.4. The number of carbonyl (C=O) groups excluding carboxylic acids is 1. The van der Waals surface area contributed by atoms with E-state index in [1.807, 2.05) is 30.3 Å². The van der Waals surface area contributed by atoms with Crippen molar-refractivity contribution in [3.63, 3.8) is 0 Å². The minimum atomic E-state index is -0.0367. The lowest BCUT2D eigenvalue weighted by atomic mass is 9.93. The van der Waals surface area contributed by atoms with Gasteiger partial charge in [0.1, 0.15) is 0 Å². The van der Waals surface area contributed by atoms with E-state index in [1.54, 1.807) is 11.8 Å². The van der Waals surface area contributed by atoms with Gasteiger partial charge in [-0.3, -0.25) is 4.79 Å². The van der Waals surface area contributed by atoms with Crippen LogP contribution in [-0.4, -0.2) is 5.78 Å². The minimum Gasteiger partial charge on any atom is -0.354 e. The number of thioether (sulfide) groups is 1. The summed E-state index contributed by atoms with van der Waals surface area (Å²) in [6.07, 6.45) is 0. The third kappa shape index (κ3) is 2.54. The molecule has 5 rings (SSSR count). The Labute approximate surface area is 169 Å². The van der Waals surface area contributed by atoms with Crippen LogP contribution >= 0.6 is 11.8 Å². The highest BCUT2D eigenvalue weighted by atomic mass is 32.2. The number of para-hydroxylation sites is 1. The Balaban J connectivity index is 1.78. The lowest BCUT2D eigenvalue weighted by Crippen LogP contribution is -2.09. The van der Waals surface area contributed by atoms with Gasteiger partial charge in [-0.15, -0.1) is 11.8 Å². The van der Waals surface area contributed by atoms with E-state index < -0.39 is 0 Å². The summed E-state index contributed by atoms with van der Waals surface area (Å²) in [5.74, 6) is 0.140. The lowest BCUT2D eigenvalue weighted by molar-refractivity contribution is 0.103. The molecule has 1 aliphatic heterocycles. The van der Waals surface area contributed by atoms with Crippen molar-refractivity contribution in [3.8, 4) is 0 Å². The number of rotatable bonds is 1. The van der Waals surface area contributed by atoms with Crippen molar-refractivity contribution in [1.82, 2.24) is 0 Å². The Morgan fingerprint density at radius 1 is 0.821 bits per heavy atom. The number of ketones is 1. The van der Waals surface area contributed by atoms with Gasteiger partial charge in [-0.1, -0.05) is 48.5 Å². The van der Waals surface area contributed by atoms with Crippen molar-refractivity contribution in [1.29, 1.82) is 0 Å². The molecule has 0 saturated heterocycles. The summed E-state index contributed by atoms with van der Waals surface area (Å²) in [6, 6.07) is 20.8. The number of fused-ring (bicyclic) bond motifs is 3. The van der Waals surface area contributed by atoms with Gasteiger partial charge in [-0.2, -0.15) is 0 Å². The molecule has 1 N–H and O–H groups in total. The van der Waals surface area contributed by atoms with Gasteiger partial charge in [0.2, 0.25) is 0 Å². The fraction of sp³-hybridized carbons (Fsp3) is 0.160. The zero-order valence-corrected chi connectivity index (χ0v) is 17.0. The SMILES string of the molecule is Cc1cc(C)c([C@@H]2Sc3ccccc3NC3=C2C(=O)c2ccccc23)cc1C. The number of hydrogen-bond acceptors (Lipinski definition) is 3. The van der Waals surface area contributed by atoms with Crippen molar-refractivity contribution >= 4 is 28.9 Å². The minimum absolute atomic E-state index is 0.0367. The maximum atomic E-state index is 13.5. The fourth-order valence-corrected chi connectivity index (χ4v) is 5.55.